The van der Waals surface area contributed by atoms with E-state index in [1.807, 2.05) is 6.08 Å². The van der Waals surface area contributed by atoms with E-state index in [0.29, 0.717) is 19.3 Å². The summed E-state index contributed by atoms with van der Waals surface area (Å²) in [6, 6.07) is -0.741. The Labute approximate surface area is 378 Å². The molecule has 61 heavy (non-hydrogen) atoms. The van der Waals surface area contributed by atoms with Gasteiger partial charge in [0.05, 0.1) is 25.2 Å². The van der Waals surface area contributed by atoms with E-state index in [1.54, 1.807) is 6.08 Å². The van der Waals surface area contributed by atoms with Gasteiger partial charge in [0.15, 0.2) is 0 Å². The Bertz CT molecular complexity index is 1090. The van der Waals surface area contributed by atoms with Crippen molar-refractivity contribution in [2.75, 3.05) is 6.61 Å². The number of esters is 1. The Kier molecular flexibility index (Phi) is 46.6. The lowest BCUT2D eigenvalue weighted by atomic mass is 10.0. The molecule has 3 atom stereocenters. The molecule has 0 bridgehead atoms. The zero-order chi connectivity index (χ0) is 44.5. The maximum atomic E-state index is 13.2. The number of allylic oxidation sites excluding steroid dienone is 9. The van der Waals surface area contributed by atoms with E-state index < -0.39 is 18.2 Å². The van der Waals surface area contributed by atoms with Crippen LogP contribution in [0.2, 0.25) is 0 Å². The number of hydrogen-bond acceptors (Lipinski definition) is 5. The van der Waals surface area contributed by atoms with Gasteiger partial charge in [0, 0.05) is 6.42 Å². The van der Waals surface area contributed by atoms with E-state index in [-0.39, 0.29) is 24.9 Å². The average Bonchev–Trinajstić information content (AvgIpc) is 3.25. The van der Waals surface area contributed by atoms with Crippen molar-refractivity contribution in [2.45, 2.75) is 270 Å². The second-order valence-corrected chi connectivity index (χ2v) is 17.6. The summed E-state index contributed by atoms with van der Waals surface area (Å²) < 4.78 is 5.82. The lowest BCUT2D eigenvalue weighted by molar-refractivity contribution is -0.148. The Hall–Kier alpha value is -2.44. The normalized spacial score (nSPS) is 13.7. The molecule has 0 aromatic rings. The highest BCUT2D eigenvalue weighted by molar-refractivity contribution is 5.78. The molecule has 0 heterocycles. The summed E-state index contributed by atoms with van der Waals surface area (Å²) in [4.78, 5) is 26.1. The minimum absolute atomic E-state index is 0.0444. The van der Waals surface area contributed by atoms with Gasteiger partial charge in [-0.15, -0.1) is 0 Å². The van der Waals surface area contributed by atoms with Crippen LogP contribution < -0.4 is 5.32 Å². The zero-order valence-corrected chi connectivity index (χ0v) is 40.3. The Morgan fingerprint density at radius 1 is 0.492 bits per heavy atom. The smallest absolute Gasteiger partial charge is 0.306 e. The van der Waals surface area contributed by atoms with Crippen LogP contribution in [0.4, 0.5) is 0 Å². The minimum atomic E-state index is -0.818. The number of carbonyl (C=O) groups excluding carboxylic acids is 2. The molecule has 6 heteroatoms. The molecule has 1 amide bonds. The van der Waals surface area contributed by atoms with E-state index >= 15 is 0 Å². The molecule has 0 aromatic heterocycles. The van der Waals surface area contributed by atoms with Crippen LogP contribution >= 0.6 is 0 Å². The largest absolute Gasteiger partial charge is 0.458 e. The maximum absolute atomic E-state index is 13.2. The number of nitrogens with one attached hydrogen (secondary N) is 1. The first-order valence-electron chi connectivity index (χ1n) is 26.0. The van der Waals surface area contributed by atoms with Crippen molar-refractivity contribution in [1.82, 2.24) is 5.32 Å². The topological polar surface area (TPSA) is 95.9 Å². The third-order valence-electron chi connectivity index (χ3n) is 11.6. The third-order valence-corrected chi connectivity index (χ3v) is 11.6. The van der Waals surface area contributed by atoms with Gasteiger partial charge < -0.3 is 20.3 Å². The van der Waals surface area contributed by atoms with E-state index in [2.05, 4.69) is 74.7 Å². The molecule has 0 spiro atoms. The fourth-order valence-electron chi connectivity index (χ4n) is 7.69. The van der Waals surface area contributed by atoms with Crippen molar-refractivity contribution in [3.05, 3.63) is 60.8 Å². The quantitative estimate of drug-likeness (QED) is 0.0322. The van der Waals surface area contributed by atoms with Gasteiger partial charge in [-0.05, 0) is 51.0 Å². The highest BCUT2D eigenvalue weighted by Crippen LogP contribution is 2.17. The predicted molar refractivity (Wildman–Crippen MR) is 264 cm³/mol. The van der Waals surface area contributed by atoms with Gasteiger partial charge in [0.2, 0.25) is 5.91 Å². The zero-order valence-electron chi connectivity index (χ0n) is 40.3. The first-order valence-corrected chi connectivity index (χ1v) is 26.0. The average molecular weight is 854 g/mol. The standard InChI is InChI=1S/C55H99NO5/c1-4-7-10-13-16-19-22-25-27-30-33-36-39-42-45-48-55(60)61-51(46-43-40-37-34-31-29-26-23-20-17-14-11-8-5-2)49-54(59)56-52(50-57)53(58)47-44-41-38-35-32-28-24-21-18-15-12-9-6-3/h8,11,17,20,26,29,34,37,43,46,51-53,57-58H,4-7,9-10,12-16,18-19,21-25,27-28,30-33,35-36,38-42,44-45,47-50H2,1-3H3,(H,56,59)/b11-8+,20-17+,29-26+,37-34+,46-43+. The lowest BCUT2D eigenvalue weighted by Gasteiger charge is -2.23. The number of carbonyl (C=O) groups is 2. The van der Waals surface area contributed by atoms with Crippen LogP contribution in [0.1, 0.15) is 252 Å². The van der Waals surface area contributed by atoms with Gasteiger partial charge in [0.25, 0.3) is 0 Å². The Balaban J connectivity index is 4.70. The molecule has 0 aliphatic carbocycles. The number of aliphatic hydroxyl groups is 2. The van der Waals surface area contributed by atoms with Crippen LogP contribution in [0.15, 0.2) is 60.8 Å². The second-order valence-electron chi connectivity index (χ2n) is 17.6. The number of ether oxygens (including phenoxy) is 1. The molecule has 0 aliphatic heterocycles. The minimum Gasteiger partial charge on any atom is -0.458 e. The number of aliphatic hydroxyl groups excluding tert-OH is 2. The van der Waals surface area contributed by atoms with Gasteiger partial charge in [-0.1, -0.05) is 249 Å². The van der Waals surface area contributed by atoms with E-state index in [1.165, 1.54) is 141 Å². The SMILES string of the molecule is CC/C=C/C/C=C/C/C=C/C/C=C/C/C=C/C(CC(=O)NC(CO)C(O)CCCCCCCCCCCCCCC)OC(=O)CCCCCCCCCCCCCCCCC. The molecular weight excluding hydrogens is 755 g/mol. The summed E-state index contributed by atoms with van der Waals surface area (Å²) in [5, 5.41) is 23.7. The first-order chi connectivity index (χ1) is 30.0. The monoisotopic (exact) mass is 854 g/mol. The molecule has 0 saturated carbocycles. The molecule has 0 fully saturated rings. The van der Waals surface area contributed by atoms with Crippen LogP contribution in [-0.2, 0) is 14.3 Å². The summed E-state index contributed by atoms with van der Waals surface area (Å²) in [6.07, 6.45) is 60.3. The van der Waals surface area contributed by atoms with Gasteiger partial charge >= 0.3 is 5.97 Å². The highest BCUT2D eigenvalue weighted by atomic mass is 16.5. The summed E-state index contributed by atoms with van der Waals surface area (Å²) in [6.45, 7) is 6.34. The van der Waals surface area contributed by atoms with Gasteiger partial charge in [-0.25, -0.2) is 0 Å². The molecule has 0 aliphatic rings. The molecule has 3 N–H and O–H groups in total. The third kappa shape index (κ3) is 44.0. The van der Waals surface area contributed by atoms with Crippen LogP contribution in [-0.4, -0.2) is 46.9 Å². The van der Waals surface area contributed by atoms with Crippen LogP contribution in [0, 0.1) is 0 Å². The highest BCUT2D eigenvalue weighted by Gasteiger charge is 2.23. The van der Waals surface area contributed by atoms with Gasteiger partial charge in [0.1, 0.15) is 6.10 Å². The van der Waals surface area contributed by atoms with Crippen molar-refractivity contribution < 1.29 is 24.5 Å². The summed E-state index contributed by atoms with van der Waals surface area (Å²) in [5.74, 6) is -0.622. The summed E-state index contributed by atoms with van der Waals surface area (Å²) in [7, 11) is 0. The van der Waals surface area contributed by atoms with Crippen molar-refractivity contribution in [2.24, 2.45) is 0 Å². The maximum Gasteiger partial charge on any atom is 0.306 e. The van der Waals surface area contributed by atoms with E-state index in [9.17, 15) is 19.8 Å². The number of rotatable bonds is 46. The van der Waals surface area contributed by atoms with Crippen LogP contribution in [0.3, 0.4) is 0 Å². The molecule has 0 rings (SSSR count). The second kappa shape index (κ2) is 48.6. The van der Waals surface area contributed by atoms with Crippen LogP contribution in [0.5, 0.6) is 0 Å². The van der Waals surface area contributed by atoms with Crippen molar-refractivity contribution >= 4 is 11.9 Å². The molecular formula is C55H99NO5. The molecule has 0 aromatic carbocycles. The lowest BCUT2D eigenvalue weighted by Crippen LogP contribution is -2.46. The van der Waals surface area contributed by atoms with Gasteiger partial charge in [-0.3, -0.25) is 9.59 Å². The molecule has 3 unspecified atom stereocenters. The van der Waals surface area contributed by atoms with Crippen LogP contribution in [0.25, 0.3) is 0 Å². The molecule has 354 valence electrons. The molecule has 0 saturated heterocycles. The Morgan fingerprint density at radius 3 is 1.25 bits per heavy atom. The number of amides is 1. The van der Waals surface area contributed by atoms with Crippen molar-refractivity contribution in [3.63, 3.8) is 0 Å². The molecule has 0 radical (unpaired) electrons. The van der Waals surface area contributed by atoms with Gasteiger partial charge in [-0.2, -0.15) is 0 Å². The number of unbranched alkanes of at least 4 members (excludes halogenated alkanes) is 26. The van der Waals surface area contributed by atoms with E-state index in [4.69, 9.17) is 4.74 Å². The number of hydrogen-bond donors (Lipinski definition) is 3. The first kappa shape index (κ1) is 58.6. The van der Waals surface area contributed by atoms with Crippen molar-refractivity contribution in [1.29, 1.82) is 0 Å². The van der Waals surface area contributed by atoms with E-state index in [0.717, 1.165) is 64.2 Å². The fraction of sp³-hybridized carbons (Fsp3) is 0.782. The predicted octanol–water partition coefficient (Wildman–Crippen LogP) is 15.6. The van der Waals surface area contributed by atoms with Crippen molar-refractivity contribution in [3.8, 4) is 0 Å². The Morgan fingerprint density at radius 2 is 0.852 bits per heavy atom. The summed E-state index contributed by atoms with van der Waals surface area (Å²) in [5.41, 5.74) is 0. The summed E-state index contributed by atoms with van der Waals surface area (Å²) >= 11 is 0. The fourth-order valence-corrected chi connectivity index (χ4v) is 7.69. The molecule has 6 nitrogen and oxygen atoms in total.